The molecule has 4 aromatic rings. The van der Waals surface area contributed by atoms with Gasteiger partial charge < -0.3 is 19.9 Å². The van der Waals surface area contributed by atoms with Crippen LogP contribution < -0.4 is 15.0 Å². The fourth-order valence-corrected chi connectivity index (χ4v) is 4.99. The molecular weight excluding hydrogens is 397 g/mol. The van der Waals surface area contributed by atoms with Gasteiger partial charge in [0.05, 0.1) is 24.5 Å². The van der Waals surface area contributed by atoms with Crippen molar-refractivity contribution >= 4 is 22.4 Å². The molecule has 0 amide bonds. The molecule has 2 aliphatic rings. The van der Waals surface area contributed by atoms with Crippen LogP contribution in [0.2, 0.25) is 0 Å². The molecule has 31 heavy (non-hydrogen) atoms. The predicted molar refractivity (Wildman–Crippen MR) is 116 cm³/mol. The average molecular weight is 421 g/mol. The molecule has 2 fully saturated rings. The van der Waals surface area contributed by atoms with Gasteiger partial charge in [0.1, 0.15) is 6.33 Å². The predicted octanol–water partition coefficient (Wildman–Crippen LogP) is 2.95. The molecule has 4 aromatic heterocycles. The van der Waals surface area contributed by atoms with Crippen LogP contribution in [0.3, 0.4) is 0 Å². The molecular formula is C22H24FN7O. The van der Waals surface area contributed by atoms with Gasteiger partial charge in [0.2, 0.25) is 0 Å². The zero-order chi connectivity index (χ0) is 21.3. The molecule has 0 atom stereocenters. The summed E-state index contributed by atoms with van der Waals surface area (Å²) < 4.78 is 23.0. The number of rotatable bonds is 4. The number of nitrogens with one attached hydrogen (secondary N) is 2. The SMILES string of the molecule is COc1cc(-c2[nH]c3cnc(N4CC5(CNC5)C4)c(F)c3c2C(C)C)cn2ncnc12. The van der Waals surface area contributed by atoms with Crippen LogP contribution in [0.15, 0.2) is 24.8 Å². The van der Waals surface area contributed by atoms with E-state index < -0.39 is 0 Å². The second-order valence-corrected chi connectivity index (χ2v) is 9.04. The van der Waals surface area contributed by atoms with Crippen LogP contribution in [0.4, 0.5) is 10.2 Å². The van der Waals surface area contributed by atoms with E-state index in [0.29, 0.717) is 33.5 Å². The second kappa shape index (κ2) is 6.40. The van der Waals surface area contributed by atoms with Crippen LogP contribution in [0, 0.1) is 11.2 Å². The topological polar surface area (TPSA) is 83.4 Å². The van der Waals surface area contributed by atoms with Crippen LogP contribution in [-0.4, -0.2) is 57.9 Å². The van der Waals surface area contributed by atoms with Gasteiger partial charge in [-0.25, -0.2) is 18.9 Å². The van der Waals surface area contributed by atoms with Gasteiger partial charge in [0, 0.05) is 48.7 Å². The summed E-state index contributed by atoms with van der Waals surface area (Å²) in [6.45, 7) is 7.87. The minimum Gasteiger partial charge on any atom is -0.493 e. The Kier molecular flexibility index (Phi) is 3.83. The van der Waals surface area contributed by atoms with Gasteiger partial charge in [0.25, 0.3) is 0 Å². The largest absolute Gasteiger partial charge is 0.493 e. The highest BCUT2D eigenvalue weighted by atomic mass is 19.1. The van der Waals surface area contributed by atoms with Crippen molar-refractivity contribution in [1.29, 1.82) is 0 Å². The first kappa shape index (κ1) is 18.6. The van der Waals surface area contributed by atoms with E-state index in [1.165, 1.54) is 6.33 Å². The van der Waals surface area contributed by atoms with Crippen LogP contribution in [0.5, 0.6) is 5.75 Å². The van der Waals surface area contributed by atoms with E-state index in [-0.39, 0.29) is 11.7 Å². The van der Waals surface area contributed by atoms with Crippen molar-refractivity contribution in [3.05, 3.63) is 36.2 Å². The van der Waals surface area contributed by atoms with Crippen LogP contribution in [0.1, 0.15) is 25.3 Å². The van der Waals surface area contributed by atoms with Gasteiger partial charge in [-0.1, -0.05) is 13.8 Å². The molecule has 8 nitrogen and oxygen atoms in total. The zero-order valence-corrected chi connectivity index (χ0v) is 17.7. The quantitative estimate of drug-likeness (QED) is 0.527. The maximum Gasteiger partial charge on any atom is 0.197 e. The Hall–Kier alpha value is -3.20. The molecule has 2 aliphatic heterocycles. The van der Waals surface area contributed by atoms with Crippen LogP contribution in [0.25, 0.3) is 27.8 Å². The lowest BCUT2D eigenvalue weighted by Crippen LogP contribution is -2.71. The monoisotopic (exact) mass is 421 g/mol. The minimum atomic E-state index is -0.250. The molecule has 6 heterocycles. The summed E-state index contributed by atoms with van der Waals surface area (Å²) in [5, 5.41) is 8.19. The Morgan fingerprint density at radius 3 is 2.71 bits per heavy atom. The number of methoxy groups -OCH3 is 1. The molecule has 0 bridgehead atoms. The molecule has 0 saturated carbocycles. The highest BCUT2D eigenvalue weighted by molar-refractivity contribution is 5.93. The van der Waals surface area contributed by atoms with E-state index in [1.807, 2.05) is 12.3 Å². The summed E-state index contributed by atoms with van der Waals surface area (Å²) >= 11 is 0. The fourth-order valence-electron chi connectivity index (χ4n) is 4.99. The van der Waals surface area contributed by atoms with Gasteiger partial charge in [-0.05, 0) is 17.5 Å². The Morgan fingerprint density at radius 2 is 2.03 bits per heavy atom. The first-order valence-corrected chi connectivity index (χ1v) is 10.5. The number of pyridine rings is 2. The minimum absolute atomic E-state index is 0.101. The van der Waals surface area contributed by atoms with Crippen LogP contribution in [-0.2, 0) is 0 Å². The molecule has 0 aliphatic carbocycles. The molecule has 1 spiro atoms. The molecule has 2 saturated heterocycles. The molecule has 0 aromatic carbocycles. The third kappa shape index (κ3) is 2.59. The van der Waals surface area contributed by atoms with E-state index in [2.05, 4.69) is 44.1 Å². The van der Waals surface area contributed by atoms with Gasteiger partial charge >= 0.3 is 0 Å². The van der Waals surface area contributed by atoms with Gasteiger partial charge in [0.15, 0.2) is 23.0 Å². The highest BCUT2D eigenvalue weighted by Gasteiger charge is 2.48. The number of hydrogen-bond acceptors (Lipinski definition) is 6. The molecule has 9 heteroatoms. The zero-order valence-electron chi connectivity index (χ0n) is 17.7. The van der Waals surface area contributed by atoms with Crippen molar-refractivity contribution in [2.24, 2.45) is 5.41 Å². The summed E-state index contributed by atoms with van der Waals surface area (Å²) in [4.78, 5) is 14.2. The molecule has 160 valence electrons. The highest BCUT2D eigenvalue weighted by Crippen LogP contribution is 2.42. The first-order valence-electron chi connectivity index (χ1n) is 10.5. The maximum atomic E-state index is 15.8. The number of hydrogen-bond donors (Lipinski definition) is 2. The number of aromatic amines is 1. The average Bonchev–Trinajstić information content (AvgIpc) is 3.31. The summed E-state index contributed by atoms with van der Waals surface area (Å²) in [5.41, 5.74) is 4.27. The van der Waals surface area contributed by atoms with E-state index in [1.54, 1.807) is 17.8 Å². The van der Waals surface area contributed by atoms with Crippen molar-refractivity contribution in [3.63, 3.8) is 0 Å². The fraction of sp³-hybridized carbons (Fsp3) is 0.409. The van der Waals surface area contributed by atoms with Gasteiger partial charge in [-0.15, -0.1) is 0 Å². The van der Waals surface area contributed by atoms with Crippen molar-refractivity contribution < 1.29 is 9.13 Å². The van der Waals surface area contributed by atoms with Crippen molar-refractivity contribution in [2.45, 2.75) is 19.8 Å². The number of anilines is 1. The van der Waals surface area contributed by atoms with E-state index >= 15 is 4.39 Å². The summed E-state index contributed by atoms with van der Waals surface area (Å²) in [6.07, 6.45) is 5.12. The smallest absolute Gasteiger partial charge is 0.197 e. The van der Waals surface area contributed by atoms with Gasteiger partial charge in [-0.2, -0.15) is 5.10 Å². The van der Waals surface area contributed by atoms with E-state index in [0.717, 1.165) is 43.0 Å². The number of H-pyrrole nitrogens is 1. The summed E-state index contributed by atoms with van der Waals surface area (Å²) in [7, 11) is 1.61. The second-order valence-electron chi connectivity index (χ2n) is 9.04. The molecule has 0 radical (unpaired) electrons. The Morgan fingerprint density at radius 1 is 1.23 bits per heavy atom. The Bertz CT molecular complexity index is 1310. The Balaban J connectivity index is 1.51. The molecule has 2 N–H and O–H groups in total. The lowest BCUT2D eigenvalue weighted by atomic mass is 9.74. The molecule has 0 unspecified atom stereocenters. The number of nitrogens with zero attached hydrogens (tertiary/aromatic N) is 5. The van der Waals surface area contributed by atoms with Crippen molar-refractivity contribution in [3.8, 4) is 17.0 Å². The third-order valence-corrected chi connectivity index (χ3v) is 6.58. The van der Waals surface area contributed by atoms with Gasteiger partial charge in [-0.3, -0.25) is 0 Å². The Labute approximate surface area is 178 Å². The normalized spacial score (nSPS) is 17.5. The lowest BCUT2D eigenvalue weighted by Gasteiger charge is -2.56. The summed E-state index contributed by atoms with van der Waals surface area (Å²) in [6, 6.07) is 1.91. The molecule has 6 rings (SSSR count). The maximum absolute atomic E-state index is 15.8. The summed E-state index contributed by atoms with van der Waals surface area (Å²) in [5.74, 6) is 0.911. The van der Waals surface area contributed by atoms with E-state index in [9.17, 15) is 0 Å². The van der Waals surface area contributed by atoms with Crippen molar-refractivity contribution in [1.82, 2.24) is 29.9 Å². The number of ether oxygens (including phenoxy) is 1. The lowest BCUT2D eigenvalue weighted by molar-refractivity contribution is 0.119. The van der Waals surface area contributed by atoms with E-state index in [4.69, 9.17) is 4.74 Å². The van der Waals surface area contributed by atoms with Crippen molar-refractivity contribution in [2.75, 3.05) is 38.2 Å². The third-order valence-electron chi connectivity index (χ3n) is 6.58. The number of halogens is 1. The van der Waals surface area contributed by atoms with Crippen LogP contribution >= 0.6 is 0 Å². The standard InChI is InChI=1S/C22H24FN7O/c1-12(2)16-17-14(5-25-21(18(17)23)29-9-22(10-29)7-24-8-22)28-19(16)13-4-15(31-3)20-26-11-27-30(20)6-13/h4-6,11-12,24,28H,7-10H2,1-3H3. The number of fused-ring (bicyclic) bond motifs is 2. The number of aromatic nitrogens is 5. The first-order chi connectivity index (χ1) is 15.0.